The number of benzene rings is 1. The lowest BCUT2D eigenvalue weighted by atomic mass is 10.0. The lowest BCUT2D eigenvalue weighted by Crippen LogP contribution is -2.39. The fourth-order valence-corrected chi connectivity index (χ4v) is 2.24. The van der Waals surface area contributed by atoms with E-state index in [1.807, 2.05) is 11.8 Å². The van der Waals surface area contributed by atoms with E-state index in [2.05, 4.69) is 6.07 Å². The Labute approximate surface area is 126 Å². The van der Waals surface area contributed by atoms with Gasteiger partial charge in [-0.2, -0.15) is 5.26 Å². The number of nitriles is 1. The first-order chi connectivity index (χ1) is 10.0. The molecule has 5 nitrogen and oxygen atoms in total. The fourth-order valence-electron chi connectivity index (χ4n) is 2.24. The maximum Gasteiger partial charge on any atom is 0.161 e. The highest BCUT2D eigenvalue weighted by Crippen LogP contribution is 2.25. The van der Waals surface area contributed by atoms with Crippen LogP contribution in [0.2, 0.25) is 0 Å². The molecule has 0 bridgehead atoms. The highest BCUT2D eigenvalue weighted by atomic mass is 16.5. The zero-order chi connectivity index (χ0) is 15.8. The molecule has 0 aliphatic carbocycles. The number of hydrogen-bond donors (Lipinski definition) is 0. The van der Waals surface area contributed by atoms with Crippen molar-refractivity contribution < 1.29 is 14.3 Å². The van der Waals surface area contributed by atoms with E-state index in [0.717, 1.165) is 5.69 Å². The van der Waals surface area contributed by atoms with Gasteiger partial charge < -0.3 is 14.4 Å². The summed E-state index contributed by atoms with van der Waals surface area (Å²) in [5.74, 6) is -0.0264. The normalized spacial score (nSPS) is 11.8. The summed E-state index contributed by atoms with van der Waals surface area (Å²) in [5, 5.41) is 9.09. The van der Waals surface area contributed by atoms with Gasteiger partial charge in [-0.05, 0) is 32.0 Å². The molecular weight excluding hydrogens is 268 g/mol. The molecule has 1 aromatic carbocycles. The molecule has 0 saturated heterocycles. The van der Waals surface area contributed by atoms with Gasteiger partial charge in [0.15, 0.2) is 5.78 Å². The summed E-state index contributed by atoms with van der Waals surface area (Å²) in [6.45, 7) is 5.22. The molecule has 0 spiro atoms. The van der Waals surface area contributed by atoms with Gasteiger partial charge in [0, 0.05) is 38.1 Å². The second-order valence-electron chi connectivity index (χ2n) is 4.89. The van der Waals surface area contributed by atoms with E-state index in [0.29, 0.717) is 30.9 Å². The van der Waals surface area contributed by atoms with Crippen LogP contribution in [0.1, 0.15) is 29.8 Å². The molecule has 0 heterocycles. The summed E-state index contributed by atoms with van der Waals surface area (Å²) in [6.07, 6.45) is 0. The molecule has 0 N–H and O–H groups in total. The van der Waals surface area contributed by atoms with Crippen molar-refractivity contribution in [3.05, 3.63) is 29.3 Å². The highest BCUT2D eigenvalue weighted by Gasteiger charge is 2.19. The van der Waals surface area contributed by atoms with Crippen LogP contribution in [0.25, 0.3) is 0 Å². The molecule has 1 unspecified atom stereocenters. The quantitative estimate of drug-likeness (QED) is 0.687. The Morgan fingerprint density at radius 2 is 2.10 bits per heavy atom. The summed E-state index contributed by atoms with van der Waals surface area (Å²) in [7, 11) is 3.28. The van der Waals surface area contributed by atoms with E-state index in [-0.39, 0.29) is 11.8 Å². The number of rotatable bonds is 8. The van der Waals surface area contributed by atoms with Crippen LogP contribution >= 0.6 is 0 Å². The fraction of sp³-hybridized carbons (Fsp3) is 0.500. The lowest BCUT2D eigenvalue weighted by Gasteiger charge is -2.32. The molecule has 0 aliphatic rings. The first kappa shape index (κ1) is 17.2. The van der Waals surface area contributed by atoms with E-state index in [4.69, 9.17) is 14.7 Å². The second-order valence-corrected chi connectivity index (χ2v) is 4.89. The minimum atomic E-state index is -0.0264. The molecule has 1 atom stereocenters. The van der Waals surface area contributed by atoms with Crippen LogP contribution in [0.5, 0.6) is 0 Å². The van der Waals surface area contributed by atoms with E-state index >= 15 is 0 Å². The second kappa shape index (κ2) is 8.40. The number of anilines is 1. The van der Waals surface area contributed by atoms with Gasteiger partial charge in [0.1, 0.15) is 0 Å². The minimum absolute atomic E-state index is 0.0264. The van der Waals surface area contributed by atoms with E-state index in [1.54, 1.807) is 32.4 Å². The van der Waals surface area contributed by atoms with Crippen molar-refractivity contribution in [3.8, 4) is 6.07 Å². The number of methoxy groups -OCH3 is 2. The molecule has 5 heteroatoms. The zero-order valence-electron chi connectivity index (χ0n) is 13.0. The van der Waals surface area contributed by atoms with Crippen molar-refractivity contribution in [3.63, 3.8) is 0 Å². The van der Waals surface area contributed by atoms with Crippen molar-refractivity contribution in [2.24, 2.45) is 0 Å². The van der Waals surface area contributed by atoms with Crippen molar-refractivity contribution >= 4 is 11.5 Å². The molecule has 0 aliphatic heterocycles. The van der Waals surface area contributed by atoms with Crippen molar-refractivity contribution in [2.45, 2.75) is 19.9 Å². The predicted molar refractivity (Wildman–Crippen MR) is 81.7 cm³/mol. The minimum Gasteiger partial charge on any atom is -0.383 e. The van der Waals surface area contributed by atoms with Crippen LogP contribution in [0, 0.1) is 11.3 Å². The Morgan fingerprint density at radius 1 is 1.38 bits per heavy atom. The number of nitrogens with zero attached hydrogens (tertiary/aromatic N) is 2. The lowest BCUT2D eigenvalue weighted by molar-refractivity contribution is 0.101. The number of carbonyl (C=O) groups excluding carboxylic acids is 1. The standard InChI is InChI=1S/C16H22N2O3/c1-12(11-21-4)18(7-8-20-3)16-9-14(10-17)5-6-15(16)13(2)19/h5-6,9,12H,7-8,11H2,1-4H3. The van der Waals surface area contributed by atoms with Crippen molar-refractivity contribution in [2.75, 3.05) is 38.9 Å². The first-order valence-electron chi connectivity index (χ1n) is 6.84. The third kappa shape index (κ3) is 4.55. The summed E-state index contributed by atoms with van der Waals surface area (Å²) in [5.41, 5.74) is 1.89. The Balaban J connectivity index is 3.26. The van der Waals surface area contributed by atoms with Crippen LogP contribution < -0.4 is 4.90 Å². The van der Waals surface area contributed by atoms with Gasteiger partial charge in [-0.25, -0.2) is 0 Å². The monoisotopic (exact) mass is 290 g/mol. The average molecular weight is 290 g/mol. The van der Waals surface area contributed by atoms with E-state index < -0.39 is 0 Å². The largest absolute Gasteiger partial charge is 0.383 e. The topological polar surface area (TPSA) is 62.6 Å². The Hall–Kier alpha value is -1.90. The smallest absolute Gasteiger partial charge is 0.161 e. The average Bonchev–Trinajstić information content (AvgIpc) is 2.47. The molecule has 0 fully saturated rings. The molecular formula is C16H22N2O3. The molecule has 0 saturated carbocycles. The number of ether oxygens (including phenoxy) is 2. The zero-order valence-corrected chi connectivity index (χ0v) is 13.0. The van der Waals surface area contributed by atoms with Crippen LogP contribution in [-0.2, 0) is 9.47 Å². The summed E-state index contributed by atoms with van der Waals surface area (Å²) in [4.78, 5) is 13.9. The molecule has 0 amide bonds. The third-order valence-corrected chi connectivity index (χ3v) is 3.29. The highest BCUT2D eigenvalue weighted by molar-refractivity contribution is 6.00. The van der Waals surface area contributed by atoms with Crippen LogP contribution in [0.15, 0.2) is 18.2 Å². The maximum absolute atomic E-state index is 11.9. The van der Waals surface area contributed by atoms with Gasteiger partial charge in [0.25, 0.3) is 0 Å². The van der Waals surface area contributed by atoms with Gasteiger partial charge in [-0.3, -0.25) is 4.79 Å². The van der Waals surface area contributed by atoms with Crippen LogP contribution in [0.3, 0.4) is 0 Å². The Bertz CT molecular complexity index is 523. The number of carbonyl (C=O) groups is 1. The third-order valence-electron chi connectivity index (χ3n) is 3.29. The summed E-state index contributed by atoms with van der Waals surface area (Å²) < 4.78 is 10.4. The SMILES string of the molecule is COCCN(c1cc(C#N)ccc1C(C)=O)C(C)COC. The first-order valence-corrected chi connectivity index (χ1v) is 6.84. The van der Waals surface area contributed by atoms with E-state index in [9.17, 15) is 4.79 Å². The molecule has 0 aromatic heterocycles. The van der Waals surface area contributed by atoms with Gasteiger partial charge in [-0.15, -0.1) is 0 Å². The Morgan fingerprint density at radius 3 is 2.62 bits per heavy atom. The van der Waals surface area contributed by atoms with Gasteiger partial charge >= 0.3 is 0 Å². The number of Topliss-reactive ketones (excluding diaryl/α,β-unsaturated/α-hetero) is 1. The molecule has 0 radical (unpaired) electrons. The van der Waals surface area contributed by atoms with Gasteiger partial charge in [0.2, 0.25) is 0 Å². The Kier molecular flexibility index (Phi) is 6.86. The predicted octanol–water partition coefficient (Wildman–Crippen LogP) is 2.25. The van der Waals surface area contributed by atoms with Crippen LogP contribution in [0.4, 0.5) is 5.69 Å². The molecule has 21 heavy (non-hydrogen) atoms. The maximum atomic E-state index is 11.9. The van der Waals surface area contributed by atoms with Crippen LogP contribution in [-0.4, -0.2) is 45.8 Å². The number of hydrogen-bond acceptors (Lipinski definition) is 5. The van der Waals surface area contributed by atoms with Crippen molar-refractivity contribution in [1.29, 1.82) is 5.26 Å². The van der Waals surface area contributed by atoms with Gasteiger partial charge in [0.05, 0.1) is 24.8 Å². The number of ketones is 1. The molecule has 1 rings (SSSR count). The molecule has 1 aromatic rings. The van der Waals surface area contributed by atoms with Crippen molar-refractivity contribution in [1.82, 2.24) is 0 Å². The summed E-state index contributed by atoms with van der Waals surface area (Å²) >= 11 is 0. The molecule has 114 valence electrons. The van der Waals surface area contributed by atoms with E-state index in [1.165, 1.54) is 6.92 Å². The summed E-state index contributed by atoms with van der Waals surface area (Å²) in [6, 6.07) is 7.30. The van der Waals surface area contributed by atoms with Gasteiger partial charge in [-0.1, -0.05) is 0 Å².